The van der Waals surface area contributed by atoms with Gasteiger partial charge in [0.15, 0.2) is 0 Å². The van der Waals surface area contributed by atoms with Gasteiger partial charge in [-0.15, -0.1) is 0 Å². The lowest BCUT2D eigenvalue weighted by atomic mass is 10.0. The van der Waals surface area contributed by atoms with E-state index in [1.54, 1.807) is 11.1 Å². The van der Waals surface area contributed by atoms with Gasteiger partial charge in [-0.05, 0) is 37.9 Å². The van der Waals surface area contributed by atoms with Gasteiger partial charge in [-0.1, -0.05) is 38.1 Å². The van der Waals surface area contributed by atoms with E-state index in [1.165, 1.54) is 19.4 Å². The zero-order valence-corrected chi connectivity index (χ0v) is 10.5. The number of likely N-dealkylation sites (N-methyl/N-ethyl adjacent to an activating group) is 1. The van der Waals surface area contributed by atoms with Gasteiger partial charge >= 0.3 is 0 Å². The average Bonchev–Trinajstić information content (AvgIpc) is 2.43. The second-order valence-corrected chi connectivity index (χ2v) is 4.05. The smallest absolute Gasteiger partial charge is 0.0104 e. The van der Waals surface area contributed by atoms with Crippen molar-refractivity contribution in [2.45, 2.75) is 39.7 Å². The maximum Gasteiger partial charge on any atom is 0.0104 e. The molecule has 0 saturated heterocycles. The van der Waals surface area contributed by atoms with Crippen molar-refractivity contribution in [2.24, 2.45) is 0 Å². The first-order chi connectivity index (χ1) is 7.27. The summed E-state index contributed by atoms with van der Waals surface area (Å²) in [6.07, 6.45) is 2.41. The van der Waals surface area contributed by atoms with Crippen molar-refractivity contribution in [3.63, 3.8) is 0 Å². The second kappa shape index (κ2) is 5.92. The van der Waals surface area contributed by atoms with Crippen LogP contribution in [0.1, 0.15) is 31.9 Å². The van der Waals surface area contributed by atoms with Crippen LogP contribution in [0, 0.1) is 0 Å². The molecule has 0 aliphatic carbocycles. The number of hydrogen-bond donors (Lipinski definition) is 0. The van der Waals surface area contributed by atoms with Gasteiger partial charge in [0.2, 0.25) is 0 Å². The molecule has 1 aliphatic rings. The van der Waals surface area contributed by atoms with Gasteiger partial charge in [0.05, 0.1) is 0 Å². The highest BCUT2D eigenvalue weighted by molar-refractivity contribution is 5.29. The Labute approximate surface area is 94.1 Å². The van der Waals surface area contributed by atoms with E-state index in [0.717, 1.165) is 0 Å². The van der Waals surface area contributed by atoms with Gasteiger partial charge in [-0.3, -0.25) is 0 Å². The van der Waals surface area contributed by atoms with Gasteiger partial charge < -0.3 is 4.90 Å². The highest BCUT2D eigenvalue weighted by atomic mass is 15.1. The van der Waals surface area contributed by atoms with Crippen LogP contribution in [0.2, 0.25) is 0 Å². The third kappa shape index (κ3) is 3.07. The number of nitrogens with zero attached hydrogens (tertiary/aromatic N) is 1. The molecule has 0 radical (unpaired) electrons. The van der Waals surface area contributed by atoms with Crippen molar-refractivity contribution in [3.8, 4) is 0 Å². The molecule has 0 saturated carbocycles. The predicted molar refractivity (Wildman–Crippen MR) is 67.3 cm³/mol. The Balaban J connectivity index is 0.000000531. The fourth-order valence-corrected chi connectivity index (χ4v) is 1.99. The van der Waals surface area contributed by atoms with Crippen LogP contribution < -0.4 is 0 Å². The summed E-state index contributed by atoms with van der Waals surface area (Å²) < 4.78 is 0. The minimum atomic E-state index is 0.684. The molecule has 1 unspecified atom stereocenters. The van der Waals surface area contributed by atoms with Crippen LogP contribution in [-0.2, 0) is 12.8 Å². The molecule has 0 N–H and O–H groups in total. The number of benzene rings is 1. The molecule has 1 heteroatoms. The topological polar surface area (TPSA) is 3.24 Å². The Morgan fingerprint density at radius 1 is 1.13 bits per heavy atom. The Morgan fingerprint density at radius 2 is 1.73 bits per heavy atom. The molecule has 2 rings (SSSR count). The van der Waals surface area contributed by atoms with Crippen LogP contribution in [0.3, 0.4) is 0 Å². The lowest BCUT2D eigenvalue weighted by Crippen LogP contribution is -2.30. The molecule has 1 heterocycles. The van der Waals surface area contributed by atoms with Crippen LogP contribution in [0.25, 0.3) is 0 Å². The molecule has 0 bridgehead atoms. The van der Waals surface area contributed by atoms with Crippen molar-refractivity contribution in [1.82, 2.24) is 4.90 Å². The third-order valence-corrected chi connectivity index (χ3v) is 3.12. The lowest BCUT2D eigenvalue weighted by Gasteiger charge is -2.21. The van der Waals surface area contributed by atoms with Crippen molar-refractivity contribution in [2.75, 3.05) is 13.6 Å². The molecule has 84 valence electrons. The average molecular weight is 205 g/mol. The summed E-state index contributed by atoms with van der Waals surface area (Å²) in [5, 5.41) is 0. The standard InChI is InChI=1S/C12H17N.C2H6/c1-10-9-12-6-4-3-5-11(12)7-8-13(10)2;1-2/h3-6,10H,7-9H2,1-2H3;1-2H3. The summed E-state index contributed by atoms with van der Waals surface area (Å²) >= 11 is 0. The van der Waals surface area contributed by atoms with Gasteiger partial charge in [0, 0.05) is 12.6 Å². The van der Waals surface area contributed by atoms with Crippen LogP contribution in [0.4, 0.5) is 0 Å². The van der Waals surface area contributed by atoms with E-state index in [0.29, 0.717) is 6.04 Å². The van der Waals surface area contributed by atoms with Gasteiger partial charge in [-0.2, -0.15) is 0 Å². The normalized spacial score (nSPS) is 20.9. The lowest BCUT2D eigenvalue weighted by molar-refractivity contribution is 0.268. The summed E-state index contributed by atoms with van der Waals surface area (Å²) in [5.41, 5.74) is 3.08. The van der Waals surface area contributed by atoms with Gasteiger partial charge in [0.25, 0.3) is 0 Å². The molecule has 0 fully saturated rings. The SMILES string of the molecule is CC.CC1Cc2ccccc2CCN1C. The molecule has 0 spiro atoms. The number of hydrogen-bond acceptors (Lipinski definition) is 1. The first-order valence-electron chi connectivity index (χ1n) is 6.04. The molecule has 0 amide bonds. The van der Waals surface area contributed by atoms with Crippen LogP contribution >= 0.6 is 0 Å². The highest BCUT2D eigenvalue weighted by Crippen LogP contribution is 2.18. The molecule has 15 heavy (non-hydrogen) atoms. The monoisotopic (exact) mass is 205 g/mol. The van der Waals surface area contributed by atoms with E-state index in [4.69, 9.17) is 0 Å². The molecule has 1 aromatic rings. The maximum atomic E-state index is 2.44. The van der Waals surface area contributed by atoms with E-state index in [1.807, 2.05) is 13.8 Å². The van der Waals surface area contributed by atoms with E-state index in [2.05, 4.69) is 43.1 Å². The van der Waals surface area contributed by atoms with Crippen molar-refractivity contribution in [1.29, 1.82) is 0 Å². The first kappa shape index (κ1) is 12.3. The molecule has 0 aromatic heterocycles. The van der Waals surface area contributed by atoms with Gasteiger partial charge in [0.1, 0.15) is 0 Å². The van der Waals surface area contributed by atoms with Crippen molar-refractivity contribution >= 4 is 0 Å². The fourth-order valence-electron chi connectivity index (χ4n) is 1.99. The first-order valence-corrected chi connectivity index (χ1v) is 6.04. The van der Waals surface area contributed by atoms with Crippen LogP contribution in [-0.4, -0.2) is 24.5 Å². The largest absolute Gasteiger partial charge is 0.303 e. The molecule has 1 aromatic carbocycles. The summed E-state index contributed by atoms with van der Waals surface area (Å²) in [6, 6.07) is 9.52. The quantitative estimate of drug-likeness (QED) is 0.629. The summed E-state index contributed by atoms with van der Waals surface area (Å²) in [7, 11) is 2.22. The zero-order chi connectivity index (χ0) is 11.3. The third-order valence-electron chi connectivity index (χ3n) is 3.12. The fraction of sp³-hybridized carbons (Fsp3) is 0.571. The Hall–Kier alpha value is -0.820. The number of rotatable bonds is 0. The minimum Gasteiger partial charge on any atom is -0.303 e. The van der Waals surface area contributed by atoms with Crippen LogP contribution in [0.5, 0.6) is 0 Å². The number of fused-ring (bicyclic) bond motifs is 1. The highest BCUT2D eigenvalue weighted by Gasteiger charge is 2.16. The van der Waals surface area contributed by atoms with Crippen LogP contribution in [0.15, 0.2) is 24.3 Å². The Kier molecular flexibility index (Phi) is 4.83. The predicted octanol–water partition coefficient (Wildman–Crippen LogP) is 3.13. The summed E-state index contributed by atoms with van der Waals surface area (Å²) in [6.45, 7) is 7.50. The van der Waals surface area contributed by atoms with E-state index in [-0.39, 0.29) is 0 Å². The second-order valence-electron chi connectivity index (χ2n) is 4.05. The molecular formula is C14H23N. The molecule has 1 aliphatic heterocycles. The van der Waals surface area contributed by atoms with Crippen molar-refractivity contribution in [3.05, 3.63) is 35.4 Å². The molecular weight excluding hydrogens is 182 g/mol. The summed E-state index contributed by atoms with van der Waals surface area (Å²) in [5.74, 6) is 0. The van der Waals surface area contributed by atoms with Crippen molar-refractivity contribution < 1.29 is 0 Å². The minimum absolute atomic E-state index is 0.684. The Morgan fingerprint density at radius 3 is 2.40 bits per heavy atom. The molecule has 1 nitrogen and oxygen atoms in total. The Bertz CT molecular complexity index is 293. The summed E-state index contributed by atoms with van der Waals surface area (Å²) in [4.78, 5) is 2.44. The van der Waals surface area contributed by atoms with E-state index >= 15 is 0 Å². The maximum absolute atomic E-state index is 2.44. The van der Waals surface area contributed by atoms with E-state index in [9.17, 15) is 0 Å². The molecule has 1 atom stereocenters. The zero-order valence-electron chi connectivity index (χ0n) is 10.5. The van der Waals surface area contributed by atoms with Gasteiger partial charge in [-0.25, -0.2) is 0 Å². The van der Waals surface area contributed by atoms with E-state index < -0.39 is 0 Å².